The van der Waals surface area contributed by atoms with Crippen molar-refractivity contribution >= 4 is 61.0 Å². The summed E-state index contributed by atoms with van der Waals surface area (Å²) < 4.78 is 11.3. The summed E-state index contributed by atoms with van der Waals surface area (Å²) >= 11 is 0. The predicted molar refractivity (Wildman–Crippen MR) is 311 cm³/mol. The molecule has 0 aliphatic carbocycles. The number of rotatable bonds is 55. The lowest BCUT2D eigenvalue weighted by atomic mass is 10.1. The van der Waals surface area contributed by atoms with Crippen molar-refractivity contribution in [1.82, 2.24) is 15.1 Å². The minimum atomic E-state index is -0.156. The van der Waals surface area contributed by atoms with Crippen LogP contribution >= 0.6 is 43.2 Å². The van der Waals surface area contributed by atoms with Crippen LogP contribution in [0.2, 0.25) is 0 Å². The van der Waals surface area contributed by atoms with Gasteiger partial charge in [-0.1, -0.05) is 199 Å². The number of carbonyl (C=O) groups excluding carboxylic acids is 3. The fraction of sp³-hybridized carbons (Fsp3) is 0.912. The molecule has 8 nitrogen and oxygen atoms in total. The second-order valence-corrected chi connectivity index (χ2v) is 25.1. The Morgan fingerprint density at radius 3 is 1.43 bits per heavy atom. The quantitative estimate of drug-likeness (QED) is 0.0273. The predicted octanol–water partition coefficient (Wildman–Crippen LogP) is 16.8. The number of esters is 2. The number of nitrogens with zero attached hydrogens (tertiary/aromatic N) is 2. The maximum Gasteiger partial charge on any atom is 0.307 e. The number of allylic oxidation sites excluding steroid dienone is 2. The number of ether oxygens (including phenoxy) is 2. The minimum Gasteiger partial charge on any atom is -0.466 e. The minimum absolute atomic E-state index is 0.152. The summed E-state index contributed by atoms with van der Waals surface area (Å²) in [5.74, 6) is 2.23. The van der Waals surface area contributed by atoms with Crippen LogP contribution in [0.25, 0.3) is 0 Å². The molecule has 0 aliphatic rings. The number of hydrogen-bond acceptors (Lipinski definition) is 11. The zero-order valence-electron chi connectivity index (χ0n) is 46.0. The molecule has 0 aromatic heterocycles. The molecule has 0 heterocycles. The third-order valence-corrected chi connectivity index (χ3v) is 19.2. The molecule has 0 saturated carbocycles. The van der Waals surface area contributed by atoms with Crippen LogP contribution < -0.4 is 5.32 Å². The Morgan fingerprint density at radius 1 is 0.478 bits per heavy atom. The fourth-order valence-corrected chi connectivity index (χ4v) is 13.9. The zero-order chi connectivity index (χ0) is 50.5. The van der Waals surface area contributed by atoms with Crippen molar-refractivity contribution in [1.29, 1.82) is 0 Å². The van der Waals surface area contributed by atoms with Crippen molar-refractivity contribution in [2.45, 2.75) is 263 Å². The molecule has 2 atom stereocenters. The first-order chi connectivity index (χ1) is 33.8. The van der Waals surface area contributed by atoms with E-state index in [1.165, 1.54) is 166 Å². The molecular formula is C57H111N3O5S4. The van der Waals surface area contributed by atoms with Gasteiger partial charge in [-0.3, -0.25) is 14.4 Å². The lowest BCUT2D eigenvalue weighted by Crippen LogP contribution is -2.35. The van der Waals surface area contributed by atoms with E-state index in [1.807, 2.05) is 21.6 Å². The third kappa shape index (κ3) is 50.8. The first-order valence-corrected chi connectivity index (χ1v) is 33.8. The van der Waals surface area contributed by atoms with Gasteiger partial charge in [0.1, 0.15) is 0 Å². The first-order valence-electron chi connectivity index (χ1n) is 29.0. The molecule has 0 saturated heterocycles. The highest BCUT2D eigenvalue weighted by Crippen LogP contribution is 2.34. The largest absolute Gasteiger partial charge is 0.466 e. The van der Waals surface area contributed by atoms with Crippen LogP contribution in [0.4, 0.5) is 0 Å². The lowest BCUT2D eigenvalue weighted by Gasteiger charge is -2.23. The Labute approximate surface area is 444 Å². The molecule has 0 spiro atoms. The van der Waals surface area contributed by atoms with Crippen molar-refractivity contribution < 1.29 is 23.9 Å². The highest BCUT2D eigenvalue weighted by Gasteiger charge is 2.14. The standard InChI is InChI=1S/C57H111N3O5S4/c1-7-12-15-16-17-18-19-20-21-22-23-24-25-32-40-55(61)58-43-48-59(6)44-37-45-60(46-41-56(62)64-49-33-26-28-35-51-66-68-53(10-4)38-30-13-8-2)47-42-57(63)65-50-34-27-29-36-52-67-69-54(11-5)39-31-14-9-3/h19-20,53-54H,7-18,21-52H2,1-6H3,(H,58,61)/b20-19-. The molecule has 12 heteroatoms. The summed E-state index contributed by atoms with van der Waals surface area (Å²) in [6, 6.07) is 0. The van der Waals surface area contributed by atoms with Crippen LogP contribution in [0.15, 0.2) is 12.2 Å². The monoisotopic (exact) mass is 1050 g/mol. The average Bonchev–Trinajstić information content (AvgIpc) is 3.34. The van der Waals surface area contributed by atoms with Crippen LogP contribution in [-0.4, -0.2) is 109 Å². The molecule has 0 aromatic rings. The fourth-order valence-electron chi connectivity index (χ4n) is 8.09. The van der Waals surface area contributed by atoms with E-state index in [2.05, 4.69) is 90.5 Å². The smallest absolute Gasteiger partial charge is 0.307 e. The molecule has 69 heavy (non-hydrogen) atoms. The summed E-state index contributed by atoms with van der Waals surface area (Å²) in [6.07, 6.45) is 43.8. The van der Waals surface area contributed by atoms with Crippen molar-refractivity contribution in [2.24, 2.45) is 0 Å². The number of carbonyl (C=O) groups is 3. The average molecular weight is 1050 g/mol. The Morgan fingerprint density at radius 2 is 0.928 bits per heavy atom. The van der Waals surface area contributed by atoms with Gasteiger partial charge in [0, 0.05) is 54.6 Å². The normalized spacial score (nSPS) is 12.6. The molecule has 2 unspecified atom stereocenters. The van der Waals surface area contributed by atoms with E-state index < -0.39 is 0 Å². The molecule has 0 aromatic carbocycles. The molecule has 0 rings (SSSR count). The van der Waals surface area contributed by atoms with E-state index >= 15 is 0 Å². The molecule has 1 amide bonds. The zero-order valence-corrected chi connectivity index (χ0v) is 49.3. The molecule has 1 N–H and O–H groups in total. The van der Waals surface area contributed by atoms with E-state index in [9.17, 15) is 14.4 Å². The number of hydrogen-bond donors (Lipinski definition) is 1. The van der Waals surface area contributed by atoms with E-state index in [0.717, 1.165) is 75.1 Å². The van der Waals surface area contributed by atoms with E-state index in [4.69, 9.17) is 9.47 Å². The van der Waals surface area contributed by atoms with Gasteiger partial charge in [-0.2, -0.15) is 0 Å². The highest BCUT2D eigenvalue weighted by molar-refractivity contribution is 8.77. The number of nitrogens with one attached hydrogen (secondary N) is 1. The molecule has 0 radical (unpaired) electrons. The van der Waals surface area contributed by atoms with Crippen LogP contribution in [0.1, 0.15) is 253 Å². The van der Waals surface area contributed by atoms with Gasteiger partial charge in [-0.05, 0) is 110 Å². The summed E-state index contributed by atoms with van der Waals surface area (Å²) in [6.45, 7) is 16.7. The Balaban J connectivity index is 4.49. The van der Waals surface area contributed by atoms with Gasteiger partial charge in [0.25, 0.3) is 0 Å². The van der Waals surface area contributed by atoms with E-state index in [0.29, 0.717) is 52.1 Å². The van der Waals surface area contributed by atoms with E-state index in [-0.39, 0.29) is 17.8 Å². The van der Waals surface area contributed by atoms with Gasteiger partial charge < -0.3 is 24.6 Å². The SMILES string of the molecule is CCCCCCC/C=C\CCCCCCCC(=O)NCCN(C)CCCN(CCC(=O)OCCCCCCSSC(CC)CCCCC)CCC(=O)OCCCCCCSSC(CC)CCCCC. The molecule has 0 aliphatic heterocycles. The maximum absolute atomic E-state index is 12.8. The summed E-state index contributed by atoms with van der Waals surface area (Å²) in [5, 5.41) is 4.68. The molecule has 408 valence electrons. The van der Waals surface area contributed by atoms with Gasteiger partial charge in [0.2, 0.25) is 5.91 Å². The second-order valence-electron chi connectivity index (χ2n) is 19.5. The molecule has 0 bridgehead atoms. The van der Waals surface area contributed by atoms with Gasteiger partial charge in [-0.15, -0.1) is 0 Å². The Kier molecular flexibility index (Phi) is 54.8. The summed E-state index contributed by atoms with van der Waals surface area (Å²) in [5.41, 5.74) is 0. The maximum atomic E-state index is 12.8. The highest BCUT2D eigenvalue weighted by atomic mass is 33.1. The van der Waals surface area contributed by atoms with Crippen LogP contribution in [-0.2, 0) is 23.9 Å². The molecular weight excluding hydrogens is 935 g/mol. The van der Waals surface area contributed by atoms with Crippen LogP contribution in [0.3, 0.4) is 0 Å². The Bertz CT molecular complexity index is 1100. The van der Waals surface area contributed by atoms with Gasteiger partial charge in [0.15, 0.2) is 0 Å². The van der Waals surface area contributed by atoms with Crippen LogP contribution in [0.5, 0.6) is 0 Å². The number of amides is 1. The van der Waals surface area contributed by atoms with Gasteiger partial charge in [-0.25, -0.2) is 0 Å². The van der Waals surface area contributed by atoms with Crippen molar-refractivity contribution in [2.75, 3.05) is 71.0 Å². The lowest BCUT2D eigenvalue weighted by molar-refractivity contribution is -0.144. The second kappa shape index (κ2) is 55.2. The molecule has 0 fully saturated rings. The summed E-state index contributed by atoms with van der Waals surface area (Å²) in [7, 11) is 10.3. The van der Waals surface area contributed by atoms with Crippen molar-refractivity contribution in [3.05, 3.63) is 12.2 Å². The third-order valence-electron chi connectivity index (χ3n) is 12.9. The number of likely N-dealkylation sites (N-methyl/N-ethyl adjacent to an activating group) is 1. The first kappa shape index (κ1) is 68.5. The van der Waals surface area contributed by atoms with Gasteiger partial charge in [0.05, 0.1) is 26.1 Å². The van der Waals surface area contributed by atoms with Crippen molar-refractivity contribution in [3.63, 3.8) is 0 Å². The van der Waals surface area contributed by atoms with Crippen LogP contribution in [0, 0.1) is 0 Å². The van der Waals surface area contributed by atoms with E-state index in [1.54, 1.807) is 0 Å². The summed E-state index contributed by atoms with van der Waals surface area (Å²) in [4.78, 5) is 42.5. The topological polar surface area (TPSA) is 88.2 Å². The van der Waals surface area contributed by atoms with Crippen molar-refractivity contribution in [3.8, 4) is 0 Å². The van der Waals surface area contributed by atoms with Gasteiger partial charge >= 0.3 is 11.9 Å². The Hall–Kier alpha value is -0.530. The number of unbranched alkanes of at least 4 members (excludes halogenated alkanes) is 20.